The van der Waals surface area contributed by atoms with Crippen molar-refractivity contribution in [2.75, 3.05) is 5.88 Å². The van der Waals surface area contributed by atoms with Crippen LogP contribution in [0.2, 0.25) is 0 Å². The second-order valence-corrected chi connectivity index (χ2v) is 5.10. The summed E-state index contributed by atoms with van der Waals surface area (Å²) in [5.74, 6) is 1.32. The van der Waals surface area contributed by atoms with Gasteiger partial charge in [-0.05, 0) is 42.4 Å². The van der Waals surface area contributed by atoms with Crippen molar-refractivity contribution < 1.29 is 0 Å². The van der Waals surface area contributed by atoms with Crippen LogP contribution in [0.5, 0.6) is 0 Å². The molecule has 1 aromatic rings. The summed E-state index contributed by atoms with van der Waals surface area (Å²) in [5, 5.41) is 0.865. The van der Waals surface area contributed by atoms with E-state index in [1.165, 1.54) is 18.4 Å². The first-order valence-electron chi connectivity index (χ1n) is 6.00. The molecule has 0 amide bonds. The zero-order chi connectivity index (χ0) is 12.1. The van der Waals surface area contributed by atoms with Crippen molar-refractivity contribution in [1.29, 1.82) is 0 Å². The molecule has 0 saturated heterocycles. The highest BCUT2D eigenvalue weighted by atomic mass is 35.5. The van der Waals surface area contributed by atoms with Crippen LogP contribution in [0, 0.1) is 5.92 Å². The molecule has 0 aliphatic heterocycles. The highest BCUT2D eigenvalue weighted by Crippen LogP contribution is 2.41. The summed E-state index contributed by atoms with van der Waals surface area (Å²) in [4.78, 5) is 0. The normalized spacial score (nSPS) is 17.3. The maximum atomic E-state index is 6.40. The summed E-state index contributed by atoms with van der Waals surface area (Å²) in [6.07, 6.45) is 7.64. The van der Waals surface area contributed by atoms with Gasteiger partial charge in [-0.25, -0.2) is 0 Å². The van der Waals surface area contributed by atoms with Crippen LogP contribution in [-0.2, 0) is 0 Å². The van der Waals surface area contributed by atoms with Crippen LogP contribution in [0.4, 0.5) is 0 Å². The van der Waals surface area contributed by atoms with E-state index in [0.717, 1.165) is 17.0 Å². The number of hydrogen-bond acceptors (Lipinski definition) is 0. The van der Waals surface area contributed by atoms with Crippen molar-refractivity contribution in [2.24, 2.45) is 5.92 Å². The molecule has 2 heteroatoms. The molecule has 1 saturated carbocycles. The van der Waals surface area contributed by atoms with Gasteiger partial charge in [0.2, 0.25) is 0 Å². The highest BCUT2D eigenvalue weighted by molar-refractivity contribution is 6.34. The average Bonchev–Trinajstić information content (AvgIpc) is 3.15. The number of allylic oxidation sites excluding steroid dienone is 3. The Morgan fingerprint density at radius 2 is 1.94 bits per heavy atom. The molecule has 0 unspecified atom stereocenters. The Balaban J connectivity index is 2.16. The van der Waals surface area contributed by atoms with Crippen molar-refractivity contribution in [2.45, 2.75) is 19.3 Å². The van der Waals surface area contributed by atoms with Crippen LogP contribution in [0.25, 0.3) is 6.08 Å². The molecular weight excluding hydrogens is 251 g/mol. The van der Waals surface area contributed by atoms with Crippen molar-refractivity contribution in [3.05, 3.63) is 52.6 Å². The van der Waals surface area contributed by atoms with Crippen molar-refractivity contribution in [1.82, 2.24) is 0 Å². The van der Waals surface area contributed by atoms with Gasteiger partial charge in [-0.1, -0.05) is 48.0 Å². The molecule has 0 N–H and O–H groups in total. The molecule has 0 spiro atoms. The third-order valence-corrected chi connectivity index (χ3v) is 3.40. The molecular formula is C15H16Cl2. The maximum Gasteiger partial charge on any atom is 0.0443 e. The summed E-state index contributed by atoms with van der Waals surface area (Å²) in [6.45, 7) is 0. The van der Waals surface area contributed by atoms with E-state index in [-0.39, 0.29) is 0 Å². The number of halogens is 2. The van der Waals surface area contributed by atoms with E-state index in [4.69, 9.17) is 23.2 Å². The van der Waals surface area contributed by atoms with Gasteiger partial charge in [0.15, 0.2) is 0 Å². The monoisotopic (exact) mass is 266 g/mol. The van der Waals surface area contributed by atoms with Gasteiger partial charge in [0, 0.05) is 10.9 Å². The molecule has 0 aromatic heterocycles. The topological polar surface area (TPSA) is 0 Å². The molecule has 0 bridgehead atoms. The van der Waals surface area contributed by atoms with Gasteiger partial charge in [-0.15, -0.1) is 11.6 Å². The van der Waals surface area contributed by atoms with Gasteiger partial charge < -0.3 is 0 Å². The van der Waals surface area contributed by atoms with E-state index in [0.29, 0.717) is 11.8 Å². The smallest absolute Gasteiger partial charge is 0.0443 e. The molecule has 0 atom stereocenters. The largest absolute Gasteiger partial charge is 0.126 e. The summed E-state index contributed by atoms with van der Waals surface area (Å²) >= 11 is 12.1. The molecule has 90 valence electrons. The standard InChI is InChI=1S/C15H16Cl2/c16-10-4-7-14(13-8-9-13)15(17)11-12-5-2-1-3-6-12/h1-3,5-7,11,13H,4,8-10H2/b14-7+,15-11+. The SMILES string of the molecule is ClCC/C=C(/C(Cl)=C\c1ccccc1)C1CC1. The van der Waals surface area contributed by atoms with Gasteiger partial charge in [0.1, 0.15) is 0 Å². The number of alkyl halides is 1. The first-order chi connectivity index (χ1) is 8.31. The van der Waals surface area contributed by atoms with Gasteiger partial charge in [-0.2, -0.15) is 0 Å². The highest BCUT2D eigenvalue weighted by Gasteiger charge is 2.27. The number of rotatable bonds is 5. The first-order valence-corrected chi connectivity index (χ1v) is 6.91. The molecule has 17 heavy (non-hydrogen) atoms. The number of hydrogen-bond donors (Lipinski definition) is 0. The Hall–Kier alpha value is -0.720. The fourth-order valence-corrected chi connectivity index (χ4v) is 2.31. The predicted octanol–water partition coefficient (Wildman–Crippen LogP) is 5.23. The Bertz CT molecular complexity index is 414. The minimum atomic E-state index is 0.658. The van der Waals surface area contributed by atoms with Gasteiger partial charge in [-0.3, -0.25) is 0 Å². The summed E-state index contributed by atoms with van der Waals surface area (Å²) in [7, 11) is 0. The molecule has 0 radical (unpaired) electrons. The van der Waals surface area contributed by atoms with E-state index in [1.807, 2.05) is 24.3 Å². The van der Waals surface area contributed by atoms with E-state index in [2.05, 4.69) is 18.2 Å². The Labute approximate surface area is 113 Å². The fraction of sp³-hybridized carbons (Fsp3) is 0.333. The zero-order valence-electron chi connectivity index (χ0n) is 9.70. The molecule has 0 nitrogen and oxygen atoms in total. The molecule has 1 aliphatic rings. The second-order valence-electron chi connectivity index (χ2n) is 4.31. The van der Waals surface area contributed by atoms with Gasteiger partial charge in [0.05, 0.1) is 0 Å². The lowest BCUT2D eigenvalue weighted by Crippen LogP contribution is -1.88. The third-order valence-electron chi connectivity index (χ3n) is 2.86. The van der Waals surface area contributed by atoms with Crippen LogP contribution >= 0.6 is 23.2 Å². The van der Waals surface area contributed by atoms with E-state index in [1.54, 1.807) is 0 Å². The third kappa shape index (κ3) is 3.90. The van der Waals surface area contributed by atoms with E-state index < -0.39 is 0 Å². The minimum Gasteiger partial charge on any atom is -0.126 e. The lowest BCUT2D eigenvalue weighted by atomic mass is 10.1. The molecule has 2 rings (SSSR count). The lowest BCUT2D eigenvalue weighted by molar-refractivity contribution is 1.02. The van der Waals surface area contributed by atoms with Crippen LogP contribution in [-0.4, -0.2) is 5.88 Å². The predicted molar refractivity (Wildman–Crippen MR) is 76.4 cm³/mol. The summed E-state index contributed by atoms with van der Waals surface area (Å²) in [6, 6.07) is 10.2. The molecule has 1 fully saturated rings. The second kappa shape index (κ2) is 6.28. The van der Waals surface area contributed by atoms with Gasteiger partial charge >= 0.3 is 0 Å². The molecule has 1 aromatic carbocycles. The molecule has 0 heterocycles. The Morgan fingerprint density at radius 3 is 2.53 bits per heavy atom. The Kier molecular flexibility index (Phi) is 4.70. The van der Waals surface area contributed by atoms with Crippen LogP contribution < -0.4 is 0 Å². The average molecular weight is 267 g/mol. The number of benzene rings is 1. The van der Waals surface area contributed by atoms with Crippen molar-refractivity contribution in [3.63, 3.8) is 0 Å². The van der Waals surface area contributed by atoms with Crippen molar-refractivity contribution in [3.8, 4) is 0 Å². The lowest BCUT2D eigenvalue weighted by Gasteiger charge is -2.05. The maximum absolute atomic E-state index is 6.40. The Morgan fingerprint density at radius 1 is 1.24 bits per heavy atom. The summed E-state index contributed by atoms with van der Waals surface area (Å²) < 4.78 is 0. The zero-order valence-corrected chi connectivity index (χ0v) is 11.2. The van der Waals surface area contributed by atoms with E-state index >= 15 is 0 Å². The molecule has 1 aliphatic carbocycles. The van der Waals surface area contributed by atoms with Crippen molar-refractivity contribution >= 4 is 29.3 Å². The first kappa shape index (κ1) is 12.7. The summed E-state index contributed by atoms with van der Waals surface area (Å²) in [5.41, 5.74) is 2.42. The van der Waals surface area contributed by atoms with Gasteiger partial charge in [0.25, 0.3) is 0 Å². The van der Waals surface area contributed by atoms with Crippen LogP contribution in [0.3, 0.4) is 0 Å². The fourth-order valence-electron chi connectivity index (χ4n) is 1.84. The minimum absolute atomic E-state index is 0.658. The van der Waals surface area contributed by atoms with E-state index in [9.17, 15) is 0 Å². The van der Waals surface area contributed by atoms with Crippen LogP contribution in [0.1, 0.15) is 24.8 Å². The van der Waals surface area contributed by atoms with Crippen LogP contribution in [0.15, 0.2) is 47.0 Å². The quantitative estimate of drug-likeness (QED) is 0.506.